The average molecular weight is 358 g/mol. The summed E-state index contributed by atoms with van der Waals surface area (Å²) in [5.41, 5.74) is 1.52. The van der Waals surface area contributed by atoms with Gasteiger partial charge in [0.1, 0.15) is 17.2 Å². The molecule has 0 bridgehead atoms. The Morgan fingerprint density at radius 3 is 2.65 bits per heavy atom. The van der Waals surface area contributed by atoms with E-state index in [2.05, 4.69) is 10.1 Å². The van der Waals surface area contributed by atoms with Crippen LogP contribution in [0.15, 0.2) is 57.9 Å². The molecule has 0 aliphatic heterocycles. The molecule has 0 radical (unpaired) electrons. The average Bonchev–Trinajstić information content (AvgIpc) is 3.01. The molecule has 2 rings (SSSR count). The molecule has 0 spiro atoms. The fourth-order valence-corrected chi connectivity index (χ4v) is 3.67. The minimum absolute atomic E-state index is 0.193. The monoisotopic (exact) mass is 358 g/mol. The third-order valence-corrected chi connectivity index (χ3v) is 4.86. The first-order valence-corrected chi connectivity index (χ1v) is 8.37. The Balaban J connectivity index is 2.08. The van der Waals surface area contributed by atoms with Crippen molar-refractivity contribution in [1.82, 2.24) is 4.98 Å². The van der Waals surface area contributed by atoms with E-state index in [0.29, 0.717) is 10.1 Å². The zero-order valence-corrected chi connectivity index (χ0v) is 13.8. The summed E-state index contributed by atoms with van der Waals surface area (Å²) in [7, 11) is 1.46. The van der Waals surface area contributed by atoms with E-state index in [-0.39, 0.29) is 12.2 Å². The van der Waals surface area contributed by atoms with Crippen LogP contribution in [0.3, 0.4) is 0 Å². The van der Waals surface area contributed by atoms with Crippen LogP contribution in [0.4, 0.5) is 13.2 Å². The van der Waals surface area contributed by atoms with E-state index in [1.165, 1.54) is 30.2 Å². The molecule has 0 atom stereocenters. The van der Waals surface area contributed by atoms with Crippen molar-refractivity contribution >= 4 is 28.8 Å². The van der Waals surface area contributed by atoms with Crippen LogP contribution in [0.1, 0.15) is 16.9 Å². The Hall–Kier alpha value is -1.80. The summed E-state index contributed by atoms with van der Waals surface area (Å²) >= 11 is 2.57. The Bertz CT molecular complexity index is 698. The van der Waals surface area contributed by atoms with E-state index in [4.69, 9.17) is 4.84 Å². The van der Waals surface area contributed by atoms with Crippen molar-refractivity contribution in [3.05, 3.63) is 58.9 Å². The minimum atomic E-state index is -2.26. The molecule has 0 fully saturated rings. The Labute approximate surface area is 139 Å². The summed E-state index contributed by atoms with van der Waals surface area (Å²) in [5, 5.41) is 4.02. The summed E-state index contributed by atoms with van der Waals surface area (Å²) in [6.07, 6.45) is -0.941. The second-order valence-electron chi connectivity index (χ2n) is 4.24. The van der Waals surface area contributed by atoms with Gasteiger partial charge in [0.25, 0.3) is 0 Å². The molecule has 122 valence electrons. The van der Waals surface area contributed by atoms with Gasteiger partial charge in [0, 0.05) is 23.9 Å². The highest BCUT2D eigenvalue weighted by Crippen LogP contribution is 2.28. The molecule has 0 aliphatic rings. The molecule has 2 aromatic rings. The minimum Gasteiger partial charge on any atom is -0.399 e. The molecular formula is C15H13F3N2OS2. The maximum atomic E-state index is 12.7. The number of allylic oxidation sites excluding steroid dienone is 1. The first kappa shape index (κ1) is 17.6. The Morgan fingerprint density at radius 1 is 1.26 bits per heavy atom. The van der Waals surface area contributed by atoms with Crippen LogP contribution >= 0.6 is 23.1 Å². The third-order valence-electron chi connectivity index (χ3n) is 2.70. The maximum absolute atomic E-state index is 12.7. The largest absolute Gasteiger partial charge is 0.399 e. The lowest BCUT2D eigenvalue weighted by atomic mass is 10.1. The number of aromatic nitrogens is 1. The molecule has 0 saturated heterocycles. The van der Waals surface area contributed by atoms with E-state index < -0.39 is 11.9 Å². The summed E-state index contributed by atoms with van der Waals surface area (Å²) in [6, 6.07) is 9.47. The number of thiazole rings is 1. The zero-order valence-electron chi connectivity index (χ0n) is 12.1. The quantitative estimate of drug-likeness (QED) is 0.392. The number of halogens is 3. The highest BCUT2D eigenvalue weighted by Gasteiger charge is 2.13. The molecule has 0 aliphatic carbocycles. The van der Waals surface area contributed by atoms with Gasteiger partial charge in [0.05, 0.1) is 4.88 Å². The van der Waals surface area contributed by atoms with Crippen LogP contribution in [0.5, 0.6) is 0 Å². The van der Waals surface area contributed by atoms with Crippen LogP contribution in [0.25, 0.3) is 0 Å². The Morgan fingerprint density at radius 2 is 2.00 bits per heavy atom. The number of nitrogens with zero attached hydrogens (tertiary/aromatic N) is 2. The SMILES string of the molecule is CO/N=C(\c1ccccc1)c1cnc(SCCC(F)=C(F)F)s1. The van der Waals surface area contributed by atoms with Gasteiger partial charge < -0.3 is 4.84 Å². The number of thioether (sulfide) groups is 1. The number of oxime groups is 1. The molecule has 0 unspecified atom stereocenters. The number of hydrogen-bond acceptors (Lipinski definition) is 5. The Kier molecular flexibility index (Phi) is 6.66. The lowest BCUT2D eigenvalue weighted by Gasteiger charge is -2.02. The molecule has 3 nitrogen and oxygen atoms in total. The van der Waals surface area contributed by atoms with Crippen molar-refractivity contribution in [3.8, 4) is 0 Å². The van der Waals surface area contributed by atoms with Crippen LogP contribution in [0.2, 0.25) is 0 Å². The van der Waals surface area contributed by atoms with Crippen LogP contribution < -0.4 is 0 Å². The summed E-state index contributed by atoms with van der Waals surface area (Å²) in [6.45, 7) is 0. The molecule has 1 aromatic carbocycles. The fraction of sp³-hybridized carbons (Fsp3) is 0.200. The van der Waals surface area contributed by atoms with Gasteiger partial charge in [-0.25, -0.2) is 9.37 Å². The van der Waals surface area contributed by atoms with Crippen molar-refractivity contribution in [2.24, 2.45) is 5.16 Å². The van der Waals surface area contributed by atoms with Crippen molar-refractivity contribution in [2.45, 2.75) is 10.8 Å². The van der Waals surface area contributed by atoms with Crippen LogP contribution in [-0.2, 0) is 4.84 Å². The summed E-state index contributed by atoms with van der Waals surface area (Å²) in [5.74, 6) is -1.18. The second kappa shape index (κ2) is 8.73. The van der Waals surface area contributed by atoms with E-state index in [9.17, 15) is 13.2 Å². The number of rotatable bonds is 7. The third kappa shape index (κ3) is 5.11. The summed E-state index contributed by atoms with van der Waals surface area (Å²) < 4.78 is 37.4. The fourth-order valence-electron chi connectivity index (χ4n) is 1.68. The summed E-state index contributed by atoms with van der Waals surface area (Å²) in [4.78, 5) is 9.87. The maximum Gasteiger partial charge on any atom is 0.301 e. The molecule has 0 amide bonds. The van der Waals surface area contributed by atoms with Gasteiger partial charge >= 0.3 is 6.08 Å². The van der Waals surface area contributed by atoms with Crippen LogP contribution in [0, 0.1) is 0 Å². The zero-order chi connectivity index (χ0) is 16.7. The van der Waals surface area contributed by atoms with Crippen molar-refractivity contribution < 1.29 is 18.0 Å². The van der Waals surface area contributed by atoms with Crippen molar-refractivity contribution in [3.63, 3.8) is 0 Å². The molecule has 8 heteroatoms. The molecule has 23 heavy (non-hydrogen) atoms. The van der Waals surface area contributed by atoms with Gasteiger partial charge in [-0.3, -0.25) is 0 Å². The molecule has 1 aromatic heterocycles. The number of benzene rings is 1. The van der Waals surface area contributed by atoms with Crippen LogP contribution in [-0.4, -0.2) is 23.6 Å². The molecule has 0 N–H and O–H groups in total. The smallest absolute Gasteiger partial charge is 0.301 e. The predicted molar refractivity (Wildman–Crippen MR) is 86.9 cm³/mol. The van der Waals surface area contributed by atoms with Crippen molar-refractivity contribution in [2.75, 3.05) is 12.9 Å². The van der Waals surface area contributed by atoms with E-state index in [1.54, 1.807) is 6.20 Å². The highest BCUT2D eigenvalue weighted by atomic mass is 32.2. The molecule has 1 heterocycles. The van der Waals surface area contributed by atoms with Crippen molar-refractivity contribution in [1.29, 1.82) is 0 Å². The van der Waals surface area contributed by atoms with Gasteiger partial charge in [-0.2, -0.15) is 8.78 Å². The highest BCUT2D eigenvalue weighted by molar-refractivity contribution is 8.01. The first-order valence-electron chi connectivity index (χ1n) is 6.57. The first-order chi connectivity index (χ1) is 11.1. The van der Waals surface area contributed by atoms with Gasteiger partial charge in [0.2, 0.25) is 0 Å². The molecular weight excluding hydrogens is 345 g/mol. The lowest BCUT2D eigenvalue weighted by Crippen LogP contribution is -2.01. The predicted octanol–water partition coefficient (Wildman–Crippen LogP) is 5.10. The van der Waals surface area contributed by atoms with Gasteiger partial charge in [-0.05, 0) is 0 Å². The van der Waals surface area contributed by atoms with E-state index in [1.807, 2.05) is 30.3 Å². The second-order valence-corrected chi connectivity index (χ2v) is 6.62. The van der Waals surface area contributed by atoms with Gasteiger partial charge in [-0.1, -0.05) is 47.2 Å². The molecule has 0 saturated carbocycles. The van der Waals surface area contributed by atoms with E-state index >= 15 is 0 Å². The lowest BCUT2D eigenvalue weighted by molar-refractivity contribution is 0.214. The van der Waals surface area contributed by atoms with E-state index in [0.717, 1.165) is 10.4 Å². The standard InChI is InChI=1S/C15H13F3N2OS2/c1-21-20-13(10-5-3-2-4-6-10)12-9-19-15(23-12)22-8-7-11(16)14(17)18/h2-6,9H,7-8H2,1H3/b20-13+. The topological polar surface area (TPSA) is 34.5 Å². The van der Waals surface area contributed by atoms with Gasteiger partial charge in [0.15, 0.2) is 5.83 Å². The van der Waals surface area contributed by atoms with Gasteiger partial charge in [-0.15, -0.1) is 11.3 Å². The number of hydrogen-bond donors (Lipinski definition) is 0. The normalized spacial score (nSPS) is 11.4.